The van der Waals surface area contributed by atoms with Crippen LogP contribution in [0.4, 0.5) is 0 Å². The van der Waals surface area contributed by atoms with Crippen molar-refractivity contribution in [3.63, 3.8) is 0 Å². The molecule has 0 radical (unpaired) electrons. The Labute approximate surface area is 304 Å². The second-order valence-corrected chi connectivity index (χ2v) is 18.0. The minimum Gasteiger partial charge on any atom is -0.508 e. The molecule has 6 nitrogen and oxygen atoms in total. The summed E-state index contributed by atoms with van der Waals surface area (Å²) >= 11 is 0. The lowest BCUT2D eigenvalue weighted by Gasteiger charge is -2.57. The molecule has 7 aliphatic carbocycles. The molecule has 1 aromatic carbocycles. The molecular weight excluding hydrogens is 636 g/mol. The molecule has 11 atom stereocenters. The minimum atomic E-state index is -1.23. The molecular formula is C45H56O6. The maximum Gasteiger partial charge on any atom is 0.303 e. The molecule has 2 N–H and O–H groups in total. The number of fused-ring (bicyclic) bond motifs is 10. The van der Waals surface area contributed by atoms with Crippen molar-refractivity contribution in [3.8, 4) is 18.1 Å². The number of esters is 1. The maximum atomic E-state index is 12.9. The van der Waals surface area contributed by atoms with Gasteiger partial charge < -0.3 is 14.9 Å². The topological polar surface area (TPSA) is 101 Å². The number of hydrogen-bond donors (Lipinski definition) is 2. The molecule has 0 aromatic heterocycles. The summed E-state index contributed by atoms with van der Waals surface area (Å²) in [6.45, 7) is 15.9. The minimum absolute atomic E-state index is 0.0109. The van der Waals surface area contributed by atoms with Gasteiger partial charge in [-0.2, -0.15) is 0 Å². The molecule has 4 saturated carbocycles. The number of ether oxygens (including phenoxy) is 1. The van der Waals surface area contributed by atoms with Gasteiger partial charge in [0.2, 0.25) is 0 Å². The van der Waals surface area contributed by atoms with E-state index in [9.17, 15) is 24.6 Å². The van der Waals surface area contributed by atoms with Crippen LogP contribution in [0, 0.1) is 58.2 Å². The molecule has 6 heteroatoms. The molecule has 7 aliphatic rings. The Morgan fingerprint density at radius 2 is 1.67 bits per heavy atom. The summed E-state index contributed by atoms with van der Waals surface area (Å²) in [7, 11) is 0. The highest BCUT2D eigenvalue weighted by Crippen LogP contribution is 2.69. The number of carbonyl (C=O) groups is 3. The zero-order valence-electron chi connectivity index (χ0n) is 31.4. The van der Waals surface area contributed by atoms with Gasteiger partial charge in [0.15, 0.2) is 17.2 Å². The number of phenols is 1. The monoisotopic (exact) mass is 692 g/mol. The Kier molecular flexibility index (Phi) is 8.50. The number of Topliss-reactive ketones (excluding diaryl/α,β-unsaturated/α-hetero) is 1. The molecule has 51 heavy (non-hydrogen) atoms. The number of benzene rings is 1. The van der Waals surface area contributed by atoms with E-state index in [1.807, 2.05) is 18.2 Å². The number of aromatic hydroxyl groups is 1. The molecule has 0 bridgehead atoms. The van der Waals surface area contributed by atoms with Crippen LogP contribution in [-0.2, 0) is 25.5 Å². The van der Waals surface area contributed by atoms with E-state index in [1.54, 1.807) is 0 Å². The standard InChI is InChI=1S/C25H32O4.C20H24O2/c1-14-11-19-20(23(5)9-7-18(28)13-21(14)23)8-10-24(6)22(19)12-15(2)25(24,16(3)26)29-17(4)27;1-3-20(22)11-9-18-17-6-4-13-12-14(21)5-7-15(13)16(17)8-10-19(18,20)2/h11,13,19-20,22H,2,7-10,12H2,1,3-6H3;1,5,7,12,16-18,21-22H,4,6,8-11H2,2H3/t19-,20+,22+,23-,24+,25+;16-,17-,18+,19+,20?/m11/s1. The SMILES string of the molecule is C#CC1(O)CC[C@H]2[C@@H]3CCc4cc(O)ccc4[C@H]3CC[C@@]21C.C=C1C[C@H]2[C@@H]3C=C(C)C4=CC(=O)CC[C@]4(C)[C@H]3CC[C@]2(C)[C@@]1(OC(C)=O)C(C)=O. The first-order chi connectivity index (χ1) is 24.0. The first-order valence-corrected chi connectivity index (χ1v) is 19.3. The Morgan fingerprint density at radius 3 is 2.35 bits per heavy atom. The van der Waals surface area contributed by atoms with Crippen LogP contribution in [0.2, 0.25) is 0 Å². The normalized spacial score (nSPS) is 43.3. The predicted octanol–water partition coefficient (Wildman–Crippen LogP) is 8.35. The summed E-state index contributed by atoms with van der Waals surface area (Å²) in [5, 5.41) is 20.6. The van der Waals surface area contributed by atoms with Gasteiger partial charge in [-0.05, 0) is 159 Å². The van der Waals surface area contributed by atoms with E-state index in [1.165, 1.54) is 36.1 Å². The molecule has 0 spiro atoms. The molecule has 0 saturated heterocycles. The number of aliphatic hydroxyl groups is 1. The van der Waals surface area contributed by atoms with E-state index in [-0.39, 0.29) is 34.2 Å². The summed E-state index contributed by atoms with van der Waals surface area (Å²) in [6.07, 6.45) is 19.9. The van der Waals surface area contributed by atoms with E-state index < -0.39 is 22.6 Å². The molecule has 1 aromatic rings. The van der Waals surface area contributed by atoms with Gasteiger partial charge in [-0.3, -0.25) is 14.4 Å². The zero-order chi connectivity index (χ0) is 36.9. The molecule has 272 valence electrons. The Bertz CT molecular complexity index is 1810. The average molecular weight is 693 g/mol. The summed E-state index contributed by atoms with van der Waals surface area (Å²) in [5.74, 6) is 5.41. The molecule has 0 amide bonds. The van der Waals surface area contributed by atoms with Gasteiger partial charge in [0, 0.05) is 24.2 Å². The number of ketones is 2. The zero-order valence-corrected chi connectivity index (χ0v) is 31.4. The van der Waals surface area contributed by atoms with Crippen molar-refractivity contribution < 1.29 is 29.3 Å². The van der Waals surface area contributed by atoms with Gasteiger partial charge in [0.25, 0.3) is 0 Å². The summed E-state index contributed by atoms with van der Waals surface area (Å²) in [4.78, 5) is 37.0. The van der Waals surface area contributed by atoms with E-state index in [0.717, 1.165) is 63.4 Å². The van der Waals surface area contributed by atoms with Gasteiger partial charge in [0.05, 0.1) is 0 Å². The fourth-order valence-electron chi connectivity index (χ4n) is 13.3. The quantitative estimate of drug-likeness (QED) is 0.184. The van der Waals surface area contributed by atoms with E-state index in [0.29, 0.717) is 42.3 Å². The van der Waals surface area contributed by atoms with Crippen LogP contribution >= 0.6 is 0 Å². The van der Waals surface area contributed by atoms with Crippen molar-refractivity contribution in [1.29, 1.82) is 0 Å². The van der Waals surface area contributed by atoms with Gasteiger partial charge in [-0.25, -0.2) is 0 Å². The van der Waals surface area contributed by atoms with Gasteiger partial charge in [-0.1, -0.05) is 51.0 Å². The molecule has 0 heterocycles. The third-order valence-electron chi connectivity index (χ3n) is 15.9. The largest absolute Gasteiger partial charge is 0.508 e. The maximum absolute atomic E-state index is 12.9. The van der Waals surface area contributed by atoms with Crippen LogP contribution in [-0.4, -0.2) is 39.0 Å². The van der Waals surface area contributed by atoms with Crippen molar-refractivity contribution in [1.82, 2.24) is 0 Å². The van der Waals surface area contributed by atoms with Crippen molar-refractivity contribution in [3.05, 3.63) is 64.8 Å². The van der Waals surface area contributed by atoms with Crippen LogP contribution in [0.3, 0.4) is 0 Å². The van der Waals surface area contributed by atoms with Crippen molar-refractivity contribution >= 4 is 17.5 Å². The number of allylic oxidation sites excluding steroid dienone is 4. The highest BCUT2D eigenvalue weighted by molar-refractivity contribution is 5.93. The number of rotatable bonds is 2. The highest BCUT2D eigenvalue weighted by Gasteiger charge is 2.69. The number of aryl methyl sites for hydroxylation is 1. The third-order valence-corrected chi connectivity index (χ3v) is 15.9. The van der Waals surface area contributed by atoms with E-state index in [4.69, 9.17) is 11.2 Å². The first kappa shape index (κ1) is 36.0. The molecule has 0 aliphatic heterocycles. The van der Waals surface area contributed by atoms with Crippen molar-refractivity contribution in [2.45, 2.75) is 129 Å². The molecule has 4 fully saturated rings. The van der Waals surface area contributed by atoms with Crippen LogP contribution in [0.25, 0.3) is 0 Å². The number of terminal acetylenes is 1. The van der Waals surface area contributed by atoms with Gasteiger partial charge in [-0.15, -0.1) is 6.42 Å². The second-order valence-electron chi connectivity index (χ2n) is 18.0. The average Bonchev–Trinajstić information content (AvgIpc) is 3.48. The summed E-state index contributed by atoms with van der Waals surface area (Å²) in [5.41, 5.74) is 3.12. The number of hydrogen-bond acceptors (Lipinski definition) is 6. The Balaban J connectivity index is 0.000000165. The van der Waals surface area contributed by atoms with E-state index >= 15 is 0 Å². The Morgan fingerprint density at radius 1 is 0.961 bits per heavy atom. The number of carbonyl (C=O) groups excluding carboxylic acids is 3. The predicted molar refractivity (Wildman–Crippen MR) is 197 cm³/mol. The lowest BCUT2D eigenvalue weighted by atomic mass is 9.47. The summed E-state index contributed by atoms with van der Waals surface area (Å²) < 4.78 is 5.83. The van der Waals surface area contributed by atoms with Crippen LogP contribution in [0.1, 0.15) is 123 Å². The van der Waals surface area contributed by atoms with Crippen LogP contribution < -0.4 is 0 Å². The smallest absolute Gasteiger partial charge is 0.303 e. The fraction of sp³-hybridized carbons (Fsp3) is 0.622. The fourth-order valence-corrected chi connectivity index (χ4v) is 13.3. The second kappa shape index (κ2) is 12.1. The van der Waals surface area contributed by atoms with Crippen molar-refractivity contribution in [2.24, 2.45) is 45.8 Å². The third kappa shape index (κ3) is 4.96. The number of phenolic OH excluding ortho intramolecular Hbond substituents is 1. The summed E-state index contributed by atoms with van der Waals surface area (Å²) in [6, 6.07) is 5.87. The Hall–Kier alpha value is -3.43. The first-order valence-electron chi connectivity index (χ1n) is 19.3. The van der Waals surface area contributed by atoms with Gasteiger partial charge >= 0.3 is 5.97 Å². The van der Waals surface area contributed by atoms with Crippen LogP contribution in [0.5, 0.6) is 5.75 Å². The highest BCUT2D eigenvalue weighted by atomic mass is 16.6. The van der Waals surface area contributed by atoms with Crippen LogP contribution in [0.15, 0.2) is 53.6 Å². The van der Waals surface area contributed by atoms with Crippen molar-refractivity contribution in [2.75, 3.05) is 0 Å². The lowest BCUT2D eigenvalue weighted by molar-refractivity contribution is -0.179. The van der Waals surface area contributed by atoms with Gasteiger partial charge in [0.1, 0.15) is 11.4 Å². The molecule has 1 unspecified atom stereocenters. The van der Waals surface area contributed by atoms with E-state index in [2.05, 4.69) is 52.3 Å². The lowest BCUT2D eigenvalue weighted by Crippen LogP contribution is -2.58. The molecule has 8 rings (SSSR count).